The average molecular weight is 476 g/mol. The molecular weight excluding hydrogens is 458 g/mol. The summed E-state index contributed by atoms with van der Waals surface area (Å²) < 4.78 is 26.9. The number of fused-ring (bicyclic) bond motifs is 2. The SMILES string of the molecule is CCS(=O)(=O)c1c(-c2cc(Cl)c3ncccc3c2)c(-c2ccccc2)nc2[nH]ccc(=O)c12. The van der Waals surface area contributed by atoms with Crippen molar-refractivity contribution in [3.63, 3.8) is 0 Å². The lowest BCUT2D eigenvalue weighted by atomic mass is 9.96. The molecule has 3 aromatic heterocycles. The molecule has 0 amide bonds. The quantitative estimate of drug-likeness (QED) is 0.383. The highest BCUT2D eigenvalue weighted by atomic mass is 35.5. The number of nitrogens with one attached hydrogen (secondary N) is 1. The Bertz CT molecular complexity index is 1700. The van der Waals surface area contributed by atoms with Gasteiger partial charge in [-0.1, -0.05) is 54.9 Å². The van der Waals surface area contributed by atoms with Gasteiger partial charge >= 0.3 is 0 Å². The largest absolute Gasteiger partial charge is 0.346 e. The molecule has 0 saturated carbocycles. The number of pyridine rings is 3. The van der Waals surface area contributed by atoms with E-state index >= 15 is 0 Å². The van der Waals surface area contributed by atoms with Crippen LogP contribution in [0.1, 0.15) is 6.92 Å². The van der Waals surface area contributed by atoms with Gasteiger partial charge in [-0.2, -0.15) is 0 Å². The van der Waals surface area contributed by atoms with Crippen molar-refractivity contribution < 1.29 is 8.42 Å². The van der Waals surface area contributed by atoms with E-state index in [4.69, 9.17) is 16.6 Å². The van der Waals surface area contributed by atoms with Crippen LogP contribution in [0.15, 0.2) is 82.7 Å². The van der Waals surface area contributed by atoms with Crippen LogP contribution >= 0.6 is 11.6 Å². The van der Waals surface area contributed by atoms with Crippen LogP contribution in [-0.4, -0.2) is 29.1 Å². The summed E-state index contributed by atoms with van der Waals surface area (Å²) >= 11 is 6.56. The number of aromatic nitrogens is 3. The second-order valence-corrected chi connectivity index (χ2v) is 10.2. The second-order valence-electron chi connectivity index (χ2n) is 7.53. The van der Waals surface area contributed by atoms with E-state index < -0.39 is 15.3 Å². The summed E-state index contributed by atoms with van der Waals surface area (Å²) in [5.41, 5.74) is 2.45. The van der Waals surface area contributed by atoms with Crippen molar-refractivity contribution in [1.82, 2.24) is 15.0 Å². The summed E-state index contributed by atoms with van der Waals surface area (Å²) in [7, 11) is -3.84. The standard InChI is InChI=1S/C25H18ClN3O3S/c1-2-33(31,32)24-20(17-13-16-9-6-11-27-22(16)18(26)14-17)23(15-7-4-3-5-8-15)29-25-21(24)19(30)10-12-28-25/h3-14H,2H2,1H3,(H,28,29,30). The first-order valence-corrected chi connectivity index (χ1v) is 12.3. The molecule has 6 nitrogen and oxygen atoms in total. The van der Waals surface area contributed by atoms with Crippen LogP contribution < -0.4 is 5.43 Å². The number of sulfone groups is 1. The average Bonchev–Trinajstić information content (AvgIpc) is 2.83. The van der Waals surface area contributed by atoms with Gasteiger partial charge in [-0.05, 0) is 23.8 Å². The minimum Gasteiger partial charge on any atom is -0.346 e. The molecule has 0 atom stereocenters. The van der Waals surface area contributed by atoms with Crippen LogP contribution in [0.5, 0.6) is 0 Å². The van der Waals surface area contributed by atoms with Gasteiger partial charge in [0.2, 0.25) is 0 Å². The maximum Gasteiger partial charge on any atom is 0.192 e. The van der Waals surface area contributed by atoms with Gasteiger partial charge in [0.1, 0.15) is 5.65 Å². The van der Waals surface area contributed by atoms with Gasteiger partial charge in [0.05, 0.1) is 32.3 Å². The first kappa shape index (κ1) is 21.3. The fourth-order valence-electron chi connectivity index (χ4n) is 4.00. The molecule has 8 heteroatoms. The van der Waals surface area contributed by atoms with Crippen LogP contribution in [0.2, 0.25) is 5.02 Å². The van der Waals surface area contributed by atoms with Crippen LogP contribution in [0, 0.1) is 0 Å². The maximum atomic E-state index is 13.5. The molecule has 33 heavy (non-hydrogen) atoms. The van der Waals surface area contributed by atoms with E-state index in [0.29, 0.717) is 32.9 Å². The van der Waals surface area contributed by atoms with Crippen molar-refractivity contribution >= 4 is 43.4 Å². The molecule has 0 aliphatic heterocycles. The van der Waals surface area contributed by atoms with Gasteiger partial charge in [0, 0.05) is 35.0 Å². The van der Waals surface area contributed by atoms with E-state index in [1.54, 1.807) is 25.3 Å². The van der Waals surface area contributed by atoms with Crippen LogP contribution in [0.4, 0.5) is 0 Å². The van der Waals surface area contributed by atoms with Gasteiger partial charge < -0.3 is 4.98 Å². The van der Waals surface area contributed by atoms with Gasteiger partial charge in [0.15, 0.2) is 15.3 Å². The molecule has 0 spiro atoms. The smallest absolute Gasteiger partial charge is 0.192 e. The van der Waals surface area contributed by atoms with Gasteiger partial charge in [-0.15, -0.1) is 0 Å². The molecule has 0 saturated heterocycles. The maximum absolute atomic E-state index is 13.5. The Labute approximate surface area is 194 Å². The van der Waals surface area contributed by atoms with Gasteiger partial charge in [-0.3, -0.25) is 9.78 Å². The lowest BCUT2D eigenvalue weighted by molar-refractivity contribution is 0.598. The Balaban J connectivity index is 2.04. The minimum absolute atomic E-state index is 0.0384. The van der Waals surface area contributed by atoms with E-state index in [1.165, 1.54) is 12.3 Å². The highest BCUT2D eigenvalue weighted by Gasteiger charge is 2.28. The van der Waals surface area contributed by atoms with Crippen molar-refractivity contribution in [2.24, 2.45) is 0 Å². The predicted molar refractivity (Wildman–Crippen MR) is 131 cm³/mol. The lowest BCUT2D eigenvalue weighted by Gasteiger charge is -2.18. The number of nitrogens with zero attached hydrogens (tertiary/aromatic N) is 2. The molecule has 0 unspecified atom stereocenters. The number of rotatable bonds is 4. The predicted octanol–water partition coefficient (Wildman–Crippen LogP) is 5.25. The Kier molecular flexibility index (Phi) is 5.23. The topological polar surface area (TPSA) is 92.8 Å². The van der Waals surface area contributed by atoms with Crippen LogP contribution in [0.3, 0.4) is 0 Å². The zero-order valence-electron chi connectivity index (χ0n) is 17.5. The number of hydrogen-bond acceptors (Lipinski definition) is 5. The molecule has 0 aliphatic rings. The molecule has 5 aromatic rings. The Morgan fingerprint density at radius 3 is 2.55 bits per heavy atom. The summed E-state index contributed by atoms with van der Waals surface area (Å²) in [6.45, 7) is 1.56. The summed E-state index contributed by atoms with van der Waals surface area (Å²) in [5, 5.41) is 1.17. The minimum atomic E-state index is -3.84. The zero-order valence-corrected chi connectivity index (χ0v) is 19.1. The summed E-state index contributed by atoms with van der Waals surface area (Å²) in [6.07, 6.45) is 3.11. The third-order valence-electron chi connectivity index (χ3n) is 5.54. The van der Waals surface area contributed by atoms with Crippen molar-refractivity contribution in [3.8, 4) is 22.4 Å². The molecule has 0 bridgehead atoms. The Morgan fingerprint density at radius 2 is 1.79 bits per heavy atom. The number of halogens is 1. The van der Waals surface area contributed by atoms with Gasteiger partial charge in [-0.25, -0.2) is 13.4 Å². The first-order chi connectivity index (χ1) is 15.9. The van der Waals surface area contributed by atoms with E-state index in [1.807, 2.05) is 42.5 Å². The van der Waals surface area contributed by atoms with Crippen molar-refractivity contribution in [3.05, 3.63) is 88.3 Å². The third-order valence-corrected chi connectivity index (χ3v) is 7.62. The zero-order chi connectivity index (χ0) is 23.2. The highest BCUT2D eigenvalue weighted by molar-refractivity contribution is 7.91. The summed E-state index contributed by atoms with van der Waals surface area (Å²) in [6, 6.07) is 17.7. The van der Waals surface area contributed by atoms with Gasteiger partial charge in [0.25, 0.3) is 0 Å². The molecule has 5 rings (SSSR count). The lowest BCUT2D eigenvalue weighted by Crippen LogP contribution is -2.14. The molecule has 0 fully saturated rings. The molecular formula is C25H18ClN3O3S. The summed E-state index contributed by atoms with van der Waals surface area (Å²) in [4.78, 5) is 24.9. The first-order valence-electron chi connectivity index (χ1n) is 10.3. The van der Waals surface area contributed by atoms with Crippen molar-refractivity contribution in [2.75, 3.05) is 5.75 Å². The van der Waals surface area contributed by atoms with Crippen LogP contribution in [0.25, 0.3) is 44.3 Å². The third kappa shape index (κ3) is 3.59. The fourth-order valence-corrected chi connectivity index (χ4v) is 5.59. The van der Waals surface area contributed by atoms with Crippen LogP contribution in [-0.2, 0) is 9.84 Å². The fraction of sp³-hybridized carbons (Fsp3) is 0.0800. The monoisotopic (exact) mass is 475 g/mol. The van der Waals surface area contributed by atoms with Crippen molar-refractivity contribution in [1.29, 1.82) is 0 Å². The highest BCUT2D eigenvalue weighted by Crippen LogP contribution is 2.41. The number of aromatic amines is 1. The Hall–Kier alpha value is -3.55. The van der Waals surface area contributed by atoms with E-state index in [-0.39, 0.29) is 21.7 Å². The van der Waals surface area contributed by atoms with Crippen molar-refractivity contribution in [2.45, 2.75) is 11.8 Å². The Morgan fingerprint density at radius 1 is 1.00 bits per heavy atom. The number of benzene rings is 2. The molecule has 0 radical (unpaired) electrons. The molecule has 0 aliphatic carbocycles. The molecule has 1 N–H and O–H groups in total. The summed E-state index contributed by atoms with van der Waals surface area (Å²) in [5.74, 6) is -0.176. The molecule has 3 heterocycles. The normalized spacial score (nSPS) is 11.8. The number of hydrogen-bond donors (Lipinski definition) is 1. The van der Waals surface area contributed by atoms with E-state index in [2.05, 4.69) is 9.97 Å². The number of H-pyrrole nitrogens is 1. The second kappa shape index (κ2) is 8.10. The molecule has 2 aromatic carbocycles. The van der Waals surface area contributed by atoms with E-state index in [0.717, 1.165) is 5.39 Å². The van der Waals surface area contributed by atoms with E-state index in [9.17, 15) is 13.2 Å². The molecule has 164 valence electrons.